The maximum atomic E-state index is 12.5. The third-order valence-corrected chi connectivity index (χ3v) is 5.65. The number of hydrogen-bond acceptors (Lipinski definition) is 5. The van der Waals surface area contributed by atoms with Gasteiger partial charge in [-0.2, -0.15) is 0 Å². The highest BCUT2D eigenvalue weighted by molar-refractivity contribution is 7.89. The summed E-state index contributed by atoms with van der Waals surface area (Å²) in [6, 6.07) is 4.28. The summed E-state index contributed by atoms with van der Waals surface area (Å²) >= 11 is 0. The number of aromatic carboxylic acids is 1. The number of piperazine rings is 1. The van der Waals surface area contributed by atoms with E-state index >= 15 is 0 Å². The highest BCUT2D eigenvalue weighted by Gasteiger charge is 2.27. The van der Waals surface area contributed by atoms with Crippen molar-refractivity contribution in [2.24, 2.45) is 0 Å². The van der Waals surface area contributed by atoms with Gasteiger partial charge in [0.15, 0.2) is 0 Å². The lowest BCUT2D eigenvalue weighted by atomic mass is 10.2. The van der Waals surface area contributed by atoms with Gasteiger partial charge in [-0.1, -0.05) is 0 Å². The molecule has 1 aliphatic rings. The van der Waals surface area contributed by atoms with E-state index in [-0.39, 0.29) is 10.5 Å². The first-order chi connectivity index (χ1) is 10.2. The normalized spacial score (nSPS) is 17.0. The fraction of sp³-hybridized carbons (Fsp3) is 0.500. The van der Waals surface area contributed by atoms with Crippen molar-refractivity contribution in [3.05, 3.63) is 23.8 Å². The van der Waals surface area contributed by atoms with E-state index in [9.17, 15) is 13.2 Å². The van der Waals surface area contributed by atoms with Crippen molar-refractivity contribution in [3.8, 4) is 0 Å². The van der Waals surface area contributed by atoms with E-state index < -0.39 is 16.0 Å². The number of carbonyl (C=O) groups is 1. The van der Waals surface area contributed by atoms with Crippen molar-refractivity contribution in [1.82, 2.24) is 9.21 Å². The lowest BCUT2D eigenvalue weighted by molar-refractivity contribution is 0.0696. The lowest BCUT2D eigenvalue weighted by Gasteiger charge is -2.35. The Morgan fingerprint density at radius 2 is 1.77 bits per heavy atom. The summed E-state index contributed by atoms with van der Waals surface area (Å²) in [5.41, 5.74) is 0.533. The molecule has 122 valence electrons. The number of likely N-dealkylation sites (N-methyl/N-ethyl adjacent to an activating group) is 1. The average Bonchev–Trinajstić information content (AvgIpc) is 2.47. The number of carboxylic acid groups (broad SMARTS) is 1. The van der Waals surface area contributed by atoms with Crippen LogP contribution >= 0.6 is 0 Å². The Morgan fingerprint density at radius 3 is 2.27 bits per heavy atom. The van der Waals surface area contributed by atoms with Crippen LogP contribution in [-0.2, 0) is 10.0 Å². The van der Waals surface area contributed by atoms with E-state index in [0.717, 1.165) is 17.4 Å². The first-order valence-corrected chi connectivity index (χ1v) is 8.41. The molecule has 22 heavy (non-hydrogen) atoms. The molecule has 0 spiro atoms. The molecule has 1 N–H and O–H groups in total. The van der Waals surface area contributed by atoms with Crippen LogP contribution in [0, 0.1) is 0 Å². The molecule has 1 aliphatic heterocycles. The van der Waals surface area contributed by atoms with Crippen molar-refractivity contribution in [3.63, 3.8) is 0 Å². The Labute approximate surface area is 130 Å². The van der Waals surface area contributed by atoms with Crippen LogP contribution in [0.3, 0.4) is 0 Å². The summed E-state index contributed by atoms with van der Waals surface area (Å²) in [6.45, 7) is 3.09. The largest absolute Gasteiger partial charge is 0.478 e. The minimum absolute atomic E-state index is 0.0293. The quantitative estimate of drug-likeness (QED) is 0.861. The first kappa shape index (κ1) is 16.7. The second kappa shape index (κ2) is 6.23. The molecule has 1 aromatic rings. The van der Waals surface area contributed by atoms with Crippen LogP contribution in [0.15, 0.2) is 23.1 Å². The number of rotatable bonds is 4. The Morgan fingerprint density at radius 1 is 1.18 bits per heavy atom. The van der Waals surface area contributed by atoms with Gasteiger partial charge in [0.05, 0.1) is 11.3 Å². The Balaban J connectivity index is 2.51. The van der Waals surface area contributed by atoms with E-state index in [1.165, 1.54) is 26.2 Å². The summed E-state index contributed by atoms with van der Waals surface area (Å²) < 4.78 is 26.2. The van der Waals surface area contributed by atoms with Gasteiger partial charge in [-0.15, -0.1) is 0 Å². The molecule has 0 atom stereocenters. The molecule has 1 fully saturated rings. The predicted octanol–water partition coefficient (Wildman–Crippen LogP) is 0.387. The maximum absolute atomic E-state index is 12.5. The predicted molar refractivity (Wildman–Crippen MR) is 84.0 cm³/mol. The zero-order valence-electron chi connectivity index (χ0n) is 13.0. The zero-order chi connectivity index (χ0) is 16.5. The van der Waals surface area contributed by atoms with Gasteiger partial charge < -0.3 is 14.9 Å². The minimum atomic E-state index is -3.71. The molecule has 0 saturated carbocycles. The van der Waals surface area contributed by atoms with E-state index in [1.807, 2.05) is 11.9 Å². The third kappa shape index (κ3) is 3.23. The third-order valence-electron chi connectivity index (χ3n) is 3.81. The van der Waals surface area contributed by atoms with Crippen LogP contribution in [0.25, 0.3) is 0 Å². The fourth-order valence-electron chi connectivity index (χ4n) is 2.36. The summed E-state index contributed by atoms with van der Waals surface area (Å²) in [5, 5.41) is 9.12. The van der Waals surface area contributed by atoms with E-state index in [2.05, 4.69) is 4.90 Å². The van der Waals surface area contributed by atoms with E-state index in [4.69, 9.17) is 5.11 Å². The molecule has 1 aromatic carbocycles. The van der Waals surface area contributed by atoms with Crippen LogP contribution in [0.2, 0.25) is 0 Å². The van der Waals surface area contributed by atoms with Crippen LogP contribution in [-0.4, -0.2) is 76.0 Å². The molecule has 7 nitrogen and oxygen atoms in total. The second-order valence-electron chi connectivity index (χ2n) is 5.57. The van der Waals surface area contributed by atoms with Gasteiger partial charge in [-0.25, -0.2) is 17.5 Å². The molecule has 1 heterocycles. The topological polar surface area (TPSA) is 81.2 Å². The number of carboxylic acids is 1. The van der Waals surface area contributed by atoms with Gasteiger partial charge >= 0.3 is 5.97 Å². The van der Waals surface area contributed by atoms with Gasteiger partial charge in [0.2, 0.25) is 10.0 Å². The van der Waals surface area contributed by atoms with Crippen LogP contribution < -0.4 is 4.90 Å². The second-order valence-corrected chi connectivity index (χ2v) is 7.69. The van der Waals surface area contributed by atoms with Gasteiger partial charge in [0, 0.05) is 40.3 Å². The molecule has 8 heteroatoms. The molecule has 0 aromatic heterocycles. The van der Waals surface area contributed by atoms with E-state index in [1.54, 1.807) is 6.07 Å². The van der Waals surface area contributed by atoms with Crippen molar-refractivity contribution in [2.75, 3.05) is 52.2 Å². The van der Waals surface area contributed by atoms with Gasteiger partial charge in [0.1, 0.15) is 4.90 Å². The van der Waals surface area contributed by atoms with Crippen molar-refractivity contribution >= 4 is 21.7 Å². The summed E-state index contributed by atoms with van der Waals surface area (Å²) in [5.74, 6) is -1.14. The first-order valence-electron chi connectivity index (χ1n) is 6.97. The van der Waals surface area contributed by atoms with Crippen molar-refractivity contribution < 1.29 is 18.3 Å². The molecule has 0 aliphatic carbocycles. The molecule has 0 bridgehead atoms. The Kier molecular flexibility index (Phi) is 4.74. The molecule has 0 unspecified atom stereocenters. The van der Waals surface area contributed by atoms with Gasteiger partial charge in [-0.05, 0) is 25.2 Å². The van der Waals surface area contributed by atoms with Crippen molar-refractivity contribution in [1.29, 1.82) is 0 Å². The van der Waals surface area contributed by atoms with Gasteiger partial charge in [0.25, 0.3) is 0 Å². The number of hydrogen-bond donors (Lipinski definition) is 1. The SMILES string of the molecule is CN1CCN(c2ccc(C(=O)O)cc2S(=O)(=O)N(C)C)CC1. The molecular weight excluding hydrogens is 306 g/mol. The monoisotopic (exact) mass is 327 g/mol. The number of nitrogens with zero attached hydrogens (tertiary/aromatic N) is 3. The minimum Gasteiger partial charge on any atom is -0.478 e. The highest BCUT2D eigenvalue weighted by Crippen LogP contribution is 2.29. The molecule has 0 amide bonds. The highest BCUT2D eigenvalue weighted by atomic mass is 32.2. The number of sulfonamides is 1. The lowest BCUT2D eigenvalue weighted by Crippen LogP contribution is -2.45. The summed E-state index contributed by atoms with van der Waals surface area (Å²) in [4.78, 5) is 15.4. The summed E-state index contributed by atoms with van der Waals surface area (Å²) in [7, 11) is 1.19. The van der Waals surface area contributed by atoms with Crippen molar-refractivity contribution in [2.45, 2.75) is 4.90 Å². The Bertz CT molecular complexity index is 665. The van der Waals surface area contributed by atoms with E-state index in [0.29, 0.717) is 18.8 Å². The fourth-order valence-corrected chi connectivity index (χ4v) is 3.49. The van der Waals surface area contributed by atoms with Crippen LogP contribution in [0.1, 0.15) is 10.4 Å². The molecule has 2 rings (SSSR count). The smallest absolute Gasteiger partial charge is 0.335 e. The average molecular weight is 327 g/mol. The maximum Gasteiger partial charge on any atom is 0.335 e. The number of benzene rings is 1. The zero-order valence-corrected chi connectivity index (χ0v) is 13.8. The molecule has 0 radical (unpaired) electrons. The van der Waals surface area contributed by atoms with Gasteiger partial charge in [-0.3, -0.25) is 0 Å². The molecular formula is C14H21N3O4S. The standard InChI is InChI=1S/C14H21N3O4S/c1-15(2)22(20,21)13-10-11(14(18)19)4-5-12(13)17-8-6-16(3)7-9-17/h4-5,10H,6-9H2,1-3H3,(H,18,19). The Hall–Kier alpha value is -1.64. The number of anilines is 1. The van der Waals surface area contributed by atoms with Crippen LogP contribution in [0.4, 0.5) is 5.69 Å². The molecule has 1 saturated heterocycles. The summed E-state index contributed by atoms with van der Waals surface area (Å²) in [6.07, 6.45) is 0. The van der Waals surface area contributed by atoms with Crippen LogP contribution in [0.5, 0.6) is 0 Å².